The Morgan fingerprint density at radius 2 is 1.78 bits per heavy atom. The molecule has 94 valence electrons. The summed E-state index contributed by atoms with van der Waals surface area (Å²) in [5, 5.41) is 10.8. The van der Waals surface area contributed by atoms with Crippen molar-refractivity contribution in [1.82, 2.24) is 0 Å². The first-order valence-electron chi connectivity index (χ1n) is 5.07. The van der Waals surface area contributed by atoms with E-state index in [4.69, 9.17) is 11.6 Å². The second-order valence-corrected chi connectivity index (χ2v) is 5.94. The summed E-state index contributed by atoms with van der Waals surface area (Å²) >= 11 is 12.4. The number of halogens is 4. The van der Waals surface area contributed by atoms with Crippen molar-refractivity contribution in [3.8, 4) is 0 Å². The maximum Gasteiger partial charge on any atom is 0.129 e. The average molecular weight is 394 g/mol. The van der Waals surface area contributed by atoms with Gasteiger partial charge in [-0.3, -0.25) is 0 Å². The third kappa shape index (κ3) is 2.94. The van der Waals surface area contributed by atoms with E-state index in [0.717, 1.165) is 0 Å². The molecule has 0 saturated heterocycles. The van der Waals surface area contributed by atoms with Crippen LogP contribution in [0.1, 0.15) is 17.2 Å². The van der Waals surface area contributed by atoms with E-state index in [9.17, 15) is 9.50 Å². The Bertz CT molecular complexity index is 589. The molecule has 0 heterocycles. The second kappa shape index (κ2) is 5.70. The highest BCUT2D eigenvalue weighted by molar-refractivity contribution is 9.10. The number of rotatable bonds is 2. The largest absolute Gasteiger partial charge is 0.384 e. The van der Waals surface area contributed by atoms with Gasteiger partial charge in [0.25, 0.3) is 0 Å². The molecule has 0 aliphatic rings. The van der Waals surface area contributed by atoms with Gasteiger partial charge in [-0.15, -0.1) is 0 Å². The first-order chi connectivity index (χ1) is 8.49. The highest BCUT2D eigenvalue weighted by Crippen LogP contribution is 2.32. The summed E-state index contributed by atoms with van der Waals surface area (Å²) < 4.78 is 15.0. The SMILES string of the molecule is OC(c1cc(Br)ccc1F)c1ccc(Cl)cc1Br. The summed E-state index contributed by atoms with van der Waals surface area (Å²) in [4.78, 5) is 0. The van der Waals surface area contributed by atoms with Crippen LogP contribution in [-0.2, 0) is 0 Å². The van der Waals surface area contributed by atoms with E-state index in [2.05, 4.69) is 31.9 Å². The molecule has 0 fully saturated rings. The minimum atomic E-state index is -1.05. The molecule has 1 N–H and O–H groups in total. The van der Waals surface area contributed by atoms with Crippen LogP contribution in [0.15, 0.2) is 45.3 Å². The zero-order chi connectivity index (χ0) is 13.3. The summed E-state index contributed by atoms with van der Waals surface area (Å²) in [6.45, 7) is 0. The topological polar surface area (TPSA) is 20.2 Å². The Kier molecular flexibility index (Phi) is 4.43. The van der Waals surface area contributed by atoms with Gasteiger partial charge < -0.3 is 5.11 Å². The molecule has 1 nitrogen and oxygen atoms in total. The zero-order valence-electron chi connectivity index (χ0n) is 9.00. The smallest absolute Gasteiger partial charge is 0.129 e. The first-order valence-corrected chi connectivity index (χ1v) is 7.03. The maximum absolute atomic E-state index is 13.7. The molecule has 0 amide bonds. The molecule has 2 aromatic rings. The molecule has 1 atom stereocenters. The van der Waals surface area contributed by atoms with Gasteiger partial charge in [-0.25, -0.2) is 4.39 Å². The molecule has 0 aliphatic heterocycles. The Morgan fingerprint density at radius 3 is 2.44 bits per heavy atom. The van der Waals surface area contributed by atoms with Gasteiger partial charge in [-0.2, -0.15) is 0 Å². The van der Waals surface area contributed by atoms with E-state index in [0.29, 0.717) is 19.5 Å². The molecule has 18 heavy (non-hydrogen) atoms. The predicted octanol–water partition coefficient (Wildman–Crippen LogP) is 5.09. The molecular weight excluding hydrogens is 386 g/mol. The van der Waals surface area contributed by atoms with E-state index >= 15 is 0 Å². The van der Waals surface area contributed by atoms with E-state index in [1.165, 1.54) is 6.07 Å². The lowest BCUT2D eigenvalue weighted by Crippen LogP contribution is -2.03. The molecule has 0 aromatic heterocycles. The van der Waals surface area contributed by atoms with Gasteiger partial charge in [0.15, 0.2) is 0 Å². The van der Waals surface area contributed by atoms with E-state index in [1.807, 2.05) is 0 Å². The quantitative estimate of drug-likeness (QED) is 0.753. The normalized spacial score (nSPS) is 12.5. The lowest BCUT2D eigenvalue weighted by atomic mass is 10.0. The lowest BCUT2D eigenvalue weighted by Gasteiger charge is -2.14. The van der Waals surface area contributed by atoms with Crippen LogP contribution < -0.4 is 0 Å². The van der Waals surface area contributed by atoms with Crippen molar-refractivity contribution in [2.75, 3.05) is 0 Å². The van der Waals surface area contributed by atoms with E-state index < -0.39 is 11.9 Å². The minimum Gasteiger partial charge on any atom is -0.384 e. The molecule has 1 unspecified atom stereocenters. The van der Waals surface area contributed by atoms with Crippen LogP contribution >= 0.6 is 43.5 Å². The van der Waals surface area contributed by atoms with Gasteiger partial charge in [0.2, 0.25) is 0 Å². The van der Waals surface area contributed by atoms with Crippen molar-refractivity contribution in [2.45, 2.75) is 6.10 Å². The standard InChI is InChI=1S/C13H8Br2ClFO/c14-7-1-4-12(17)10(5-7)13(18)9-3-2-8(16)6-11(9)15/h1-6,13,18H. The Labute approximate surface area is 126 Å². The lowest BCUT2D eigenvalue weighted by molar-refractivity contribution is 0.214. The van der Waals surface area contributed by atoms with Crippen LogP contribution in [0.5, 0.6) is 0 Å². The van der Waals surface area contributed by atoms with Crippen molar-refractivity contribution < 1.29 is 9.50 Å². The highest BCUT2D eigenvalue weighted by atomic mass is 79.9. The molecule has 0 aliphatic carbocycles. The van der Waals surface area contributed by atoms with Crippen molar-refractivity contribution in [3.05, 3.63) is 67.3 Å². The highest BCUT2D eigenvalue weighted by Gasteiger charge is 2.18. The molecule has 5 heteroatoms. The van der Waals surface area contributed by atoms with E-state index in [1.54, 1.807) is 30.3 Å². The average Bonchev–Trinajstić information content (AvgIpc) is 2.31. The molecule has 0 spiro atoms. The zero-order valence-corrected chi connectivity index (χ0v) is 12.9. The first kappa shape index (κ1) is 14.0. The van der Waals surface area contributed by atoms with Crippen LogP contribution in [0.4, 0.5) is 4.39 Å². The second-order valence-electron chi connectivity index (χ2n) is 3.73. The number of hydrogen-bond acceptors (Lipinski definition) is 1. The fraction of sp³-hybridized carbons (Fsp3) is 0.0769. The third-order valence-corrected chi connectivity index (χ3v) is 3.92. The summed E-state index contributed by atoms with van der Waals surface area (Å²) in [7, 11) is 0. The Morgan fingerprint density at radius 1 is 1.06 bits per heavy atom. The van der Waals surface area contributed by atoms with Crippen molar-refractivity contribution in [2.24, 2.45) is 0 Å². The van der Waals surface area contributed by atoms with Gasteiger partial charge in [0.1, 0.15) is 11.9 Å². The monoisotopic (exact) mass is 392 g/mol. The Hall–Kier alpha value is -0.420. The van der Waals surface area contributed by atoms with Crippen molar-refractivity contribution >= 4 is 43.5 Å². The summed E-state index contributed by atoms with van der Waals surface area (Å²) in [5.41, 5.74) is 0.781. The molecular formula is C13H8Br2ClFO. The van der Waals surface area contributed by atoms with Gasteiger partial charge >= 0.3 is 0 Å². The van der Waals surface area contributed by atoms with Gasteiger partial charge in [0.05, 0.1) is 0 Å². The van der Waals surface area contributed by atoms with Gasteiger partial charge in [-0.05, 0) is 35.9 Å². The van der Waals surface area contributed by atoms with Gasteiger partial charge in [0, 0.05) is 19.5 Å². The molecule has 0 saturated carbocycles. The van der Waals surface area contributed by atoms with Crippen LogP contribution in [0.2, 0.25) is 5.02 Å². The maximum atomic E-state index is 13.7. The molecule has 2 rings (SSSR count). The fourth-order valence-electron chi connectivity index (χ4n) is 1.61. The molecule has 0 bridgehead atoms. The van der Waals surface area contributed by atoms with Crippen LogP contribution in [-0.4, -0.2) is 5.11 Å². The summed E-state index contributed by atoms with van der Waals surface area (Å²) in [6, 6.07) is 9.43. The fourth-order valence-corrected chi connectivity index (χ4v) is 2.89. The van der Waals surface area contributed by atoms with Crippen LogP contribution in [0, 0.1) is 5.82 Å². The predicted molar refractivity (Wildman–Crippen MR) is 77.3 cm³/mol. The minimum absolute atomic E-state index is 0.215. The Balaban J connectivity index is 2.47. The van der Waals surface area contributed by atoms with E-state index in [-0.39, 0.29) is 5.56 Å². The van der Waals surface area contributed by atoms with Gasteiger partial charge in [-0.1, -0.05) is 49.5 Å². The number of aliphatic hydroxyl groups excluding tert-OH is 1. The van der Waals surface area contributed by atoms with Crippen LogP contribution in [0.3, 0.4) is 0 Å². The molecule has 2 aromatic carbocycles. The number of aliphatic hydroxyl groups is 1. The van der Waals surface area contributed by atoms with Crippen molar-refractivity contribution in [3.63, 3.8) is 0 Å². The van der Waals surface area contributed by atoms with Crippen molar-refractivity contribution in [1.29, 1.82) is 0 Å². The van der Waals surface area contributed by atoms with Crippen LogP contribution in [0.25, 0.3) is 0 Å². The summed E-state index contributed by atoms with van der Waals surface area (Å²) in [6.07, 6.45) is -1.05. The summed E-state index contributed by atoms with van der Waals surface area (Å²) in [5.74, 6) is -0.451. The number of benzene rings is 2. The third-order valence-electron chi connectivity index (χ3n) is 2.51. The molecule has 0 radical (unpaired) electrons. The number of hydrogen-bond donors (Lipinski definition) is 1.